The first-order valence-electron chi connectivity index (χ1n) is 8.62. The Hall–Kier alpha value is -2.71. The number of aromatic nitrogens is 1. The highest BCUT2D eigenvalue weighted by molar-refractivity contribution is 8.18. The molecule has 0 radical (unpaired) electrons. The van der Waals surface area contributed by atoms with Crippen molar-refractivity contribution in [1.82, 2.24) is 15.2 Å². The van der Waals surface area contributed by atoms with E-state index in [-0.39, 0.29) is 30.1 Å². The third-order valence-corrected chi connectivity index (χ3v) is 5.62. The number of benzene rings is 1. The quantitative estimate of drug-likeness (QED) is 0.732. The molecule has 0 spiro atoms. The molecule has 0 atom stereocenters. The van der Waals surface area contributed by atoms with E-state index in [1.807, 2.05) is 43.5 Å². The summed E-state index contributed by atoms with van der Waals surface area (Å²) in [7, 11) is 0. The maximum Gasteiger partial charge on any atom is 0.293 e. The summed E-state index contributed by atoms with van der Waals surface area (Å²) in [4.78, 5) is 42.2. The van der Waals surface area contributed by atoms with Crippen molar-refractivity contribution in [3.05, 3.63) is 62.5 Å². The minimum absolute atomic E-state index is 0.130. The number of thiazole rings is 1. The largest absolute Gasteiger partial charge is 0.351 e. The summed E-state index contributed by atoms with van der Waals surface area (Å²) >= 11 is 2.42. The van der Waals surface area contributed by atoms with Gasteiger partial charge in [0, 0.05) is 24.5 Å². The molecule has 2 aromatic rings. The standard InChI is InChI=1S/C20H19N3O3S2/c1-13-3-5-15(6-4-13)11-17-19(25)23(20(26)28-17)10-9-21-18(24)8-7-16-12-27-14(2)22-16/h3-8,11-12H,9-10H2,1-2H3,(H,21,24)/b8-7+,17-11-. The number of aryl methyl sites for hydroxylation is 2. The highest BCUT2D eigenvalue weighted by Crippen LogP contribution is 2.31. The Morgan fingerprint density at radius 2 is 1.96 bits per heavy atom. The van der Waals surface area contributed by atoms with E-state index < -0.39 is 0 Å². The van der Waals surface area contributed by atoms with Crippen LogP contribution in [0.2, 0.25) is 0 Å². The number of carbonyl (C=O) groups excluding carboxylic acids is 3. The van der Waals surface area contributed by atoms with Gasteiger partial charge in [0.05, 0.1) is 15.6 Å². The normalized spacial score (nSPS) is 15.8. The molecule has 0 aliphatic carbocycles. The monoisotopic (exact) mass is 413 g/mol. The van der Waals surface area contributed by atoms with Crippen molar-refractivity contribution >= 4 is 52.3 Å². The molecule has 28 heavy (non-hydrogen) atoms. The summed E-state index contributed by atoms with van der Waals surface area (Å²) < 4.78 is 0. The number of amides is 3. The molecule has 1 aliphatic rings. The van der Waals surface area contributed by atoms with Crippen molar-refractivity contribution < 1.29 is 14.4 Å². The Bertz CT molecular complexity index is 961. The van der Waals surface area contributed by atoms with Gasteiger partial charge in [-0.3, -0.25) is 19.3 Å². The first kappa shape index (κ1) is 20.0. The number of nitrogens with zero attached hydrogens (tertiary/aromatic N) is 2. The third kappa shape index (κ3) is 5.17. The molecule has 0 bridgehead atoms. The number of imide groups is 1. The second-order valence-corrected chi connectivity index (χ2v) is 8.22. The van der Waals surface area contributed by atoms with Crippen LogP contribution in [-0.4, -0.2) is 40.0 Å². The third-order valence-electron chi connectivity index (χ3n) is 3.93. The summed E-state index contributed by atoms with van der Waals surface area (Å²) in [5.41, 5.74) is 2.72. The lowest BCUT2D eigenvalue weighted by molar-refractivity contribution is -0.123. The van der Waals surface area contributed by atoms with Crippen LogP contribution >= 0.6 is 23.1 Å². The molecule has 1 saturated heterocycles. The summed E-state index contributed by atoms with van der Waals surface area (Å²) in [5.74, 6) is -0.633. The van der Waals surface area contributed by atoms with E-state index >= 15 is 0 Å². The molecule has 1 aliphatic heterocycles. The van der Waals surface area contributed by atoms with E-state index in [0.29, 0.717) is 4.91 Å². The van der Waals surface area contributed by atoms with Crippen molar-refractivity contribution in [3.8, 4) is 0 Å². The first-order valence-corrected chi connectivity index (χ1v) is 10.3. The van der Waals surface area contributed by atoms with E-state index in [1.165, 1.54) is 17.4 Å². The van der Waals surface area contributed by atoms with Crippen molar-refractivity contribution in [2.75, 3.05) is 13.1 Å². The van der Waals surface area contributed by atoms with Crippen LogP contribution in [0.3, 0.4) is 0 Å². The fraction of sp³-hybridized carbons (Fsp3) is 0.200. The topological polar surface area (TPSA) is 79.4 Å². The second kappa shape index (κ2) is 8.99. The number of nitrogens with one attached hydrogen (secondary N) is 1. The van der Waals surface area contributed by atoms with Crippen LogP contribution in [0.1, 0.15) is 21.8 Å². The van der Waals surface area contributed by atoms with Crippen LogP contribution in [0.15, 0.2) is 40.6 Å². The van der Waals surface area contributed by atoms with Crippen molar-refractivity contribution in [2.45, 2.75) is 13.8 Å². The lowest BCUT2D eigenvalue weighted by atomic mass is 10.1. The van der Waals surface area contributed by atoms with Gasteiger partial charge in [0.1, 0.15) is 0 Å². The summed E-state index contributed by atoms with van der Waals surface area (Å²) in [6.45, 7) is 4.20. The van der Waals surface area contributed by atoms with Gasteiger partial charge in [-0.25, -0.2) is 4.98 Å². The van der Waals surface area contributed by atoms with Gasteiger partial charge in [-0.2, -0.15) is 0 Å². The van der Waals surface area contributed by atoms with Gasteiger partial charge in [0.2, 0.25) is 5.91 Å². The zero-order chi connectivity index (χ0) is 20.1. The predicted molar refractivity (Wildman–Crippen MR) is 113 cm³/mol. The van der Waals surface area contributed by atoms with E-state index in [1.54, 1.807) is 12.2 Å². The molecule has 1 aromatic heterocycles. The Balaban J connectivity index is 1.52. The fourth-order valence-electron chi connectivity index (χ4n) is 2.47. The van der Waals surface area contributed by atoms with Crippen LogP contribution in [0.5, 0.6) is 0 Å². The zero-order valence-corrected chi connectivity index (χ0v) is 17.1. The van der Waals surface area contributed by atoms with Gasteiger partial charge >= 0.3 is 0 Å². The maximum atomic E-state index is 12.5. The van der Waals surface area contributed by atoms with E-state index in [0.717, 1.165) is 38.5 Å². The maximum absolute atomic E-state index is 12.5. The second-order valence-electron chi connectivity index (χ2n) is 6.16. The van der Waals surface area contributed by atoms with Crippen LogP contribution in [-0.2, 0) is 9.59 Å². The molecule has 6 nitrogen and oxygen atoms in total. The molecule has 144 valence electrons. The minimum Gasteiger partial charge on any atom is -0.351 e. The molecular weight excluding hydrogens is 394 g/mol. The van der Waals surface area contributed by atoms with Gasteiger partial charge in [-0.05, 0) is 43.3 Å². The fourth-order valence-corrected chi connectivity index (χ4v) is 3.92. The number of hydrogen-bond donors (Lipinski definition) is 1. The predicted octanol–water partition coefficient (Wildman–Crippen LogP) is 3.63. The summed E-state index contributed by atoms with van der Waals surface area (Å²) in [6, 6.07) is 7.71. The Labute approximate surface area is 171 Å². The highest BCUT2D eigenvalue weighted by Gasteiger charge is 2.34. The van der Waals surface area contributed by atoms with E-state index in [9.17, 15) is 14.4 Å². The Kier molecular flexibility index (Phi) is 6.43. The average Bonchev–Trinajstić information content (AvgIpc) is 3.19. The van der Waals surface area contributed by atoms with Gasteiger partial charge in [0.25, 0.3) is 11.1 Å². The van der Waals surface area contributed by atoms with Gasteiger partial charge in [-0.1, -0.05) is 29.8 Å². The molecule has 2 heterocycles. The van der Waals surface area contributed by atoms with Crippen LogP contribution in [0.25, 0.3) is 12.2 Å². The number of rotatable bonds is 6. The SMILES string of the molecule is Cc1ccc(/C=C2\SC(=O)N(CCNC(=O)/C=C/c3csc(C)n3)C2=O)cc1. The summed E-state index contributed by atoms with van der Waals surface area (Å²) in [5, 5.41) is 5.14. The number of carbonyl (C=O) groups is 3. The van der Waals surface area contributed by atoms with E-state index in [4.69, 9.17) is 0 Å². The van der Waals surface area contributed by atoms with Crippen LogP contribution < -0.4 is 5.32 Å². The summed E-state index contributed by atoms with van der Waals surface area (Å²) in [6.07, 6.45) is 4.73. The first-order chi connectivity index (χ1) is 13.4. The highest BCUT2D eigenvalue weighted by atomic mass is 32.2. The number of thioether (sulfide) groups is 1. The molecular formula is C20H19N3O3S2. The lowest BCUT2D eigenvalue weighted by Crippen LogP contribution is -2.36. The van der Waals surface area contributed by atoms with Crippen molar-refractivity contribution in [1.29, 1.82) is 0 Å². The van der Waals surface area contributed by atoms with Gasteiger partial charge in [0.15, 0.2) is 0 Å². The average molecular weight is 414 g/mol. The van der Waals surface area contributed by atoms with Crippen molar-refractivity contribution in [2.24, 2.45) is 0 Å². The molecule has 8 heteroatoms. The Morgan fingerprint density at radius 3 is 2.64 bits per heavy atom. The molecule has 0 unspecified atom stereocenters. The smallest absolute Gasteiger partial charge is 0.293 e. The van der Waals surface area contributed by atoms with Crippen molar-refractivity contribution in [3.63, 3.8) is 0 Å². The van der Waals surface area contributed by atoms with Crippen LogP contribution in [0, 0.1) is 13.8 Å². The molecule has 1 fully saturated rings. The molecule has 3 amide bonds. The molecule has 3 rings (SSSR count). The van der Waals surface area contributed by atoms with Crippen LogP contribution in [0.4, 0.5) is 4.79 Å². The minimum atomic E-state index is -0.335. The zero-order valence-electron chi connectivity index (χ0n) is 15.5. The van der Waals surface area contributed by atoms with Gasteiger partial charge in [-0.15, -0.1) is 11.3 Å². The molecule has 0 saturated carbocycles. The lowest BCUT2D eigenvalue weighted by Gasteiger charge is -2.12. The number of hydrogen-bond acceptors (Lipinski definition) is 6. The van der Waals surface area contributed by atoms with E-state index in [2.05, 4.69) is 10.3 Å². The molecule has 1 N–H and O–H groups in total. The Morgan fingerprint density at radius 1 is 1.21 bits per heavy atom. The van der Waals surface area contributed by atoms with Gasteiger partial charge < -0.3 is 5.32 Å². The molecule has 1 aromatic carbocycles.